The summed E-state index contributed by atoms with van der Waals surface area (Å²) in [5, 5.41) is 4.55. The normalized spacial score (nSPS) is 13.2. The molecule has 0 aliphatic carbocycles. The van der Waals surface area contributed by atoms with E-state index in [0.717, 1.165) is 33.4 Å². The SMILES string of the molecule is CCc1nn(C)c2c1nc(CCl)n2C(C)c1ccc(Cl)s1. The van der Waals surface area contributed by atoms with E-state index in [9.17, 15) is 0 Å². The van der Waals surface area contributed by atoms with Crippen molar-refractivity contribution in [3.05, 3.63) is 32.9 Å². The van der Waals surface area contributed by atoms with Crippen LogP contribution in [0.15, 0.2) is 12.1 Å². The molecule has 0 fully saturated rings. The number of alkyl halides is 1. The van der Waals surface area contributed by atoms with Crippen LogP contribution in [0.3, 0.4) is 0 Å². The minimum Gasteiger partial charge on any atom is -0.304 e. The van der Waals surface area contributed by atoms with Crippen LogP contribution in [0.4, 0.5) is 0 Å². The van der Waals surface area contributed by atoms with Gasteiger partial charge in [-0.15, -0.1) is 22.9 Å². The Labute approximate surface area is 137 Å². The number of rotatable bonds is 4. The zero-order valence-electron chi connectivity index (χ0n) is 12.1. The molecule has 3 aromatic rings. The fraction of sp³-hybridized carbons (Fsp3) is 0.429. The summed E-state index contributed by atoms with van der Waals surface area (Å²) in [4.78, 5) is 5.88. The van der Waals surface area contributed by atoms with Crippen LogP contribution >= 0.6 is 34.5 Å². The van der Waals surface area contributed by atoms with Gasteiger partial charge in [0, 0.05) is 11.9 Å². The summed E-state index contributed by atoms with van der Waals surface area (Å²) >= 11 is 13.8. The van der Waals surface area contributed by atoms with Gasteiger partial charge in [-0.25, -0.2) is 4.98 Å². The lowest BCUT2D eigenvalue weighted by molar-refractivity contribution is 0.615. The first-order chi connectivity index (χ1) is 10.1. The second-order valence-corrected chi connectivity index (χ2v) is 6.96. The molecule has 0 saturated carbocycles. The number of hydrogen-bond donors (Lipinski definition) is 0. The van der Waals surface area contributed by atoms with E-state index >= 15 is 0 Å². The molecule has 21 heavy (non-hydrogen) atoms. The van der Waals surface area contributed by atoms with E-state index < -0.39 is 0 Å². The molecule has 3 rings (SSSR count). The van der Waals surface area contributed by atoms with Crippen LogP contribution in [0.2, 0.25) is 4.34 Å². The van der Waals surface area contributed by atoms with Gasteiger partial charge in [-0.2, -0.15) is 5.10 Å². The highest BCUT2D eigenvalue weighted by Crippen LogP contribution is 2.33. The fourth-order valence-corrected chi connectivity index (χ4v) is 3.96. The van der Waals surface area contributed by atoms with Crippen LogP contribution in [-0.2, 0) is 19.3 Å². The number of imidazole rings is 1. The third kappa shape index (κ3) is 2.37. The smallest absolute Gasteiger partial charge is 0.159 e. The summed E-state index contributed by atoms with van der Waals surface area (Å²) in [7, 11) is 1.95. The molecule has 3 heterocycles. The first-order valence-corrected chi connectivity index (χ1v) is 8.53. The summed E-state index contributed by atoms with van der Waals surface area (Å²) in [6.45, 7) is 4.22. The van der Waals surface area contributed by atoms with Gasteiger partial charge < -0.3 is 4.57 Å². The third-order valence-electron chi connectivity index (χ3n) is 3.66. The van der Waals surface area contributed by atoms with E-state index in [-0.39, 0.29) is 6.04 Å². The summed E-state index contributed by atoms with van der Waals surface area (Å²) in [5.74, 6) is 1.24. The van der Waals surface area contributed by atoms with Crippen molar-refractivity contribution in [3.63, 3.8) is 0 Å². The van der Waals surface area contributed by atoms with Crippen LogP contribution in [0.5, 0.6) is 0 Å². The minimum atomic E-state index is 0.126. The van der Waals surface area contributed by atoms with Gasteiger partial charge in [0.05, 0.1) is 22.0 Å². The van der Waals surface area contributed by atoms with Gasteiger partial charge in [0.25, 0.3) is 0 Å². The molecule has 0 aliphatic heterocycles. The summed E-state index contributed by atoms with van der Waals surface area (Å²) in [6, 6.07) is 4.10. The standard InChI is InChI=1S/C14H16Cl2N4S/c1-4-9-13-14(19(3)18-9)20(12(7-15)17-13)8(2)10-5-6-11(16)21-10/h5-6,8H,4,7H2,1-3H3. The van der Waals surface area contributed by atoms with Crippen LogP contribution in [0, 0.1) is 0 Å². The lowest BCUT2D eigenvalue weighted by Crippen LogP contribution is -2.11. The van der Waals surface area contributed by atoms with E-state index in [2.05, 4.69) is 29.6 Å². The zero-order chi connectivity index (χ0) is 15.1. The van der Waals surface area contributed by atoms with Crippen LogP contribution in [-0.4, -0.2) is 19.3 Å². The highest BCUT2D eigenvalue weighted by Gasteiger charge is 2.23. The molecule has 0 radical (unpaired) electrons. The molecule has 7 heteroatoms. The number of hydrogen-bond acceptors (Lipinski definition) is 3. The van der Waals surface area contributed by atoms with Crippen molar-refractivity contribution in [2.45, 2.75) is 32.2 Å². The van der Waals surface area contributed by atoms with Gasteiger partial charge in [0.15, 0.2) is 5.65 Å². The molecular formula is C14H16Cl2N4S. The van der Waals surface area contributed by atoms with Crippen molar-refractivity contribution >= 4 is 45.7 Å². The lowest BCUT2D eigenvalue weighted by Gasteiger charge is -2.15. The fourth-order valence-electron chi connectivity index (χ4n) is 2.67. The summed E-state index contributed by atoms with van der Waals surface area (Å²) in [5.41, 5.74) is 2.97. The summed E-state index contributed by atoms with van der Waals surface area (Å²) in [6.07, 6.45) is 0.856. The Bertz CT molecular complexity index is 786. The van der Waals surface area contributed by atoms with E-state index in [1.165, 1.54) is 4.88 Å². The second kappa shape index (κ2) is 5.63. The Kier molecular flexibility index (Phi) is 3.99. The molecule has 0 saturated heterocycles. The Morgan fingerprint density at radius 2 is 2.14 bits per heavy atom. The molecule has 0 N–H and O–H groups in total. The van der Waals surface area contributed by atoms with Crippen LogP contribution in [0.1, 0.15) is 36.3 Å². The van der Waals surface area contributed by atoms with E-state index in [0.29, 0.717) is 5.88 Å². The Hall–Kier alpha value is -1.04. The van der Waals surface area contributed by atoms with Gasteiger partial charge in [-0.3, -0.25) is 4.68 Å². The third-order valence-corrected chi connectivity index (χ3v) is 5.30. The number of fused-ring (bicyclic) bond motifs is 1. The van der Waals surface area contributed by atoms with Gasteiger partial charge >= 0.3 is 0 Å². The Balaban J connectivity index is 2.22. The van der Waals surface area contributed by atoms with Crippen molar-refractivity contribution in [1.29, 1.82) is 0 Å². The van der Waals surface area contributed by atoms with Crippen molar-refractivity contribution < 1.29 is 0 Å². The maximum absolute atomic E-state index is 6.11. The largest absolute Gasteiger partial charge is 0.304 e. The van der Waals surface area contributed by atoms with Crippen LogP contribution in [0.25, 0.3) is 11.2 Å². The topological polar surface area (TPSA) is 35.6 Å². The van der Waals surface area contributed by atoms with Crippen molar-refractivity contribution in [1.82, 2.24) is 19.3 Å². The first-order valence-electron chi connectivity index (χ1n) is 6.80. The Morgan fingerprint density at radius 1 is 1.38 bits per heavy atom. The average Bonchev–Trinajstić information content (AvgIpc) is 3.13. The van der Waals surface area contributed by atoms with Gasteiger partial charge in [0.1, 0.15) is 11.3 Å². The van der Waals surface area contributed by atoms with Crippen molar-refractivity contribution in [2.24, 2.45) is 7.05 Å². The lowest BCUT2D eigenvalue weighted by atomic mass is 10.2. The number of aromatic nitrogens is 4. The number of aryl methyl sites for hydroxylation is 2. The maximum Gasteiger partial charge on any atom is 0.159 e. The Morgan fingerprint density at radius 3 is 2.71 bits per heavy atom. The number of nitrogens with zero attached hydrogens (tertiary/aromatic N) is 4. The molecule has 0 amide bonds. The predicted molar refractivity (Wildman–Crippen MR) is 88.6 cm³/mol. The monoisotopic (exact) mass is 342 g/mol. The molecule has 0 spiro atoms. The second-order valence-electron chi connectivity index (χ2n) is 4.95. The number of halogens is 2. The highest BCUT2D eigenvalue weighted by molar-refractivity contribution is 7.16. The van der Waals surface area contributed by atoms with E-state index in [1.54, 1.807) is 11.3 Å². The maximum atomic E-state index is 6.11. The molecule has 1 unspecified atom stereocenters. The first kappa shape index (κ1) is 14.9. The molecule has 0 aromatic carbocycles. The molecule has 112 valence electrons. The van der Waals surface area contributed by atoms with Gasteiger partial charge in [0.2, 0.25) is 0 Å². The number of thiophene rings is 1. The van der Waals surface area contributed by atoms with E-state index in [1.807, 2.05) is 17.8 Å². The molecule has 0 aliphatic rings. The molecular weight excluding hydrogens is 327 g/mol. The van der Waals surface area contributed by atoms with Crippen LogP contribution < -0.4 is 0 Å². The average molecular weight is 343 g/mol. The van der Waals surface area contributed by atoms with Crippen molar-refractivity contribution in [3.8, 4) is 0 Å². The molecule has 3 aromatic heterocycles. The van der Waals surface area contributed by atoms with Crippen molar-refractivity contribution in [2.75, 3.05) is 0 Å². The van der Waals surface area contributed by atoms with Gasteiger partial charge in [-0.05, 0) is 25.5 Å². The molecule has 0 bridgehead atoms. The quantitative estimate of drug-likeness (QED) is 0.659. The minimum absolute atomic E-state index is 0.126. The molecule has 4 nitrogen and oxygen atoms in total. The van der Waals surface area contributed by atoms with Gasteiger partial charge in [-0.1, -0.05) is 18.5 Å². The predicted octanol–water partition coefficient (Wildman–Crippen LogP) is 4.40. The molecule has 1 atom stereocenters. The highest BCUT2D eigenvalue weighted by atomic mass is 35.5. The van der Waals surface area contributed by atoms with E-state index in [4.69, 9.17) is 28.2 Å². The summed E-state index contributed by atoms with van der Waals surface area (Å²) < 4.78 is 4.85. The zero-order valence-corrected chi connectivity index (χ0v) is 14.4.